The van der Waals surface area contributed by atoms with Gasteiger partial charge >= 0.3 is 0 Å². The van der Waals surface area contributed by atoms with Crippen LogP contribution in [0.25, 0.3) is 10.8 Å². The minimum Gasteiger partial charge on any atom is -0.493 e. The third-order valence-corrected chi connectivity index (χ3v) is 5.48. The Morgan fingerprint density at radius 3 is 2.60 bits per heavy atom. The van der Waals surface area contributed by atoms with Gasteiger partial charge in [-0.15, -0.1) is 0 Å². The van der Waals surface area contributed by atoms with Crippen LogP contribution in [0.4, 0.5) is 5.69 Å². The lowest BCUT2D eigenvalue weighted by molar-refractivity contribution is 0.344. The summed E-state index contributed by atoms with van der Waals surface area (Å²) in [7, 11) is -1.34. The standard InChI is InChI=1S/C18H19N3O2S2/c1-2-24-10-9-23-17-5-7-18(8-6-17)25(22)21-16-4-3-14-12-19-20-13-15(14)11-16/h3-8,11-13,21H,2,9-10H2,1H3. The SMILES string of the molecule is CCSCCOc1ccc(S(=O)Nc2ccc3cnncc3c2)cc1. The third-order valence-electron chi connectivity index (χ3n) is 3.50. The van der Waals surface area contributed by atoms with Crippen molar-refractivity contribution in [2.75, 3.05) is 22.8 Å². The van der Waals surface area contributed by atoms with Crippen molar-refractivity contribution in [3.63, 3.8) is 0 Å². The molecule has 5 nitrogen and oxygen atoms in total. The van der Waals surface area contributed by atoms with Crippen LogP contribution in [0.15, 0.2) is 59.8 Å². The molecule has 0 saturated carbocycles. The zero-order valence-corrected chi connectivity index (χ0v) is 15.5. The van der Waals surface area contributed by atoms with E-state index in [9.17, 15) is 4.21 Å². The van der Waals surface area contributed by atoms with Crippen LogP contribution in [0.2, 0.25) is 0 Å². The Hall–Kier alpha value is -2.12. The van der Waals surface area contributed by atoms with Gasteiger partial charge in [0.05, 0.1) is 23.9 Å². The lowest BCUT2D eigenvalue weighted by atomic mass is 10.2. The second-order valence-corrected chi connectivity index (χ2v) is 7.83. The van der Waals surface area contributed by atoms with Gasteiger partial charge in [-0.2, -0.15) is 22.0 Å². The van der Waals surface area contributed by atoms with Gasteiger partial charge in [-0.05, 0) is 42.2 Å². The minimum absolute atomic E-state index is 0.680. The number of fused-ring (bicyclic) bond motifs is 1. The molecule has 3 rings (SSSR count). The lowest BCUT2D eigenvalue weighted by Gasteiger charge is -2.09. The topological polar surface area (TPSA) is 64.1 Å². The highest BCUT2D eigenvalue weighted by molar-refractivity contribution is 7.99. The fourth-order valence-electron chi connectivity index (χ4n) is 2.25. The number of anilines is 1. The van der Waals surface area contributed by atoms with E-state index < -0.39 is 11.0 Å². The number of nitrogens with zero attached hydrogens (tertiary/aromatic N) is 2. The first-order chi connectivity index (χ1) is 12.3. The molecule has 0 bridgehead atoms. The van der Waals surface area contributed by atoms with Crippen LogP contribution in [0.3, 0.4) is 0 Å². The molecule has 1 heterocycles. The fourth-order valence-corrected chi connectivity index (χ4v) is 3.58. The quantitative estimate of drug-likeness (QED) is 0.607. The van der Waals surface area contributed by atoms with Gasteiger partial charge in [0.15, 0.2) is 0 Å². The number of thioether (sulfide) groups is 1. The van der Waals surface area contributed by atoms with Crippen molar-refractivity contribution >= 4 is 39.2 Å². The van der Waals surface area contributed by atoms with Gasteiger partial charge in [-0.1, -0.05) is 13.0 Å². The Kier molecular flexibility index (Phi) is 6.25. The monoisotopic (exact) mass is 373 g/mol. The second-order valence-electron chi connectivity index (χ2n) is 5.22. The van der Waals surface area contributed by atoms with E-state index in [4.69, 9.17) is 4.74 Å². The predicted octanol–water partition coefficient (Wildman–Crippen LogP) is 3.90. The summed E-state index contributed by atoms with van der Waals surface area (Å²) in [6, 6.07) is 13.0. The molecule has 1 unspecified atom stereocenters. The van der Waals surface area contributed by atoms with Gasteiger partial charge in [-0.3, -0.25) is 0 Å². The molecule has 1 aromatic heterocycles. The van der Waals surface area contributed by atoms with Crippen molar-refractivity contribution in [3.05, 3.63) is 54.9 Å². The second kappa shape index (κ2) is 8.82. The summed E-state index contributed by atoms with van der Waals surface area (Å²) < 4.78 is 21.2. The van der Waals surface area contributed by atoms with Gasteiger partial charge in [0.25, 0.3) is 0 Å². The van der Waals surface area contributed by atoms with E-state index in [1.165, 1.54) is 0 Å². The third kappa shape index (κ3) is 4.93. The average molecular weight is 374 g/mol. The molecule has 0 aliphatic carbocycles. The number of hydrogen-bond donors (Lipinski definition) is 1. The van der Waals surface area contributed by atoms with Crippen molar-refractivity contribution in [2.45, 2.75) is 11.8 Å². The largest absolute Gasteiger partial charge is 0.493 e. The summed E-state index contributed by atoms with van der Waals surface area (Å²) in [4.78, 5) is 0.697. The summed E-state index contributed by atoms with van der Waals surface area (Å²) in [5.74, 6) is 2.86. The van der Waals surface area contributed by atoms with Crippen molar-refractivity contribution in [1.82, 2.24) is 10.2 Å². The Labute approximate surface area is 153 Å². The highest BCUT2D eigenvalue weighted by Crippen LogP contribution is 2.20. The zero-order chi connectivity index (χ0) is 17.5. The maximum Gasteiger partial charge on any atom is 0.150 e. The molecule has 7 heteroatoms. The molecule has 2 aromatic carbocycles. The summed E-state index contributed by atoms with van der Waals surface area (Å²) >= 11 is 1.85. The summed E-state index contributed by atoms with van der Waals surface area (Å²) in [5.41, 5.74) is 0.774. The number of ether oxygens (including phenoxy) is 1. The van der Waals surface area contributed by atoms with Gasteiger partial charge in [0.1, 0.15) is 16.7 Å². The molecule has 0 radical (unpaired) electrons. The first-order valence-electron chi connectivity index (χ1n) is 7.96. The fraction of sp³-hybridized carbons (Fsp3) is 0.222. The Bertz CT molecular complexity index is 856. The Balaban J connectivity index is 1.62. The molecular formula is C18H19N3O2S2. The van der Waals surface area contributed by atoms with E-state index in [1.807, 2.05) is 54.2 Å². The van der Waals surface area contributed by atoms with E-state index >= 15 is 0 Å². The van der Waals surface area contributed by atoms with Crippen molar-refractivity contribution in [2.24, 2.45) is 0 Å². The summed E-state index contributed by atoms with van der Waals surface area (Å²) in [6.07, 6.45) is 3.39. The van der Waals surface area contributed by atoms with Crippen LogP contribution >= 0.6 is 11.8 Å². The predicted molar refractivity (Wildman–Crippen MR) is 105 cm³/mol. The van der Waals surface area contributed by atoms with E-state index in [0.717, 1.165) is 33.7 Å². The molecule has 0 spiro atoms. The van der Waals surface area contributed by atoms with Crippen LogP contribution in [-0.4, -0.2) is 32.5 Å². The van der Waals surface area contributed by atoms with Crippen molar-refractivity contribution in [1.29, 1.82) is 0 Å². The van der Waals surface area contributed by atoms with Crippen LogP contribution in [0.5, 0.6) is 5.75 Å². The first kappa shape index (κ1) is 17.7. The number of aromatic nitrogens is 2. The Morgan fingerprint density at radius 1 is 1.08 bits per heavy atom. The minimum atomic E-state index is -1.34. The smallest absolute Gasteiger partial charge is 0.150 e. The summed E-state index contributed by atoms with van der Waals surface area (Å²) in [5, 5.41) is 9.66. The van der Waals surface area contributed by atoms with E-state index in [0.29, 0.717) is 11.5 Å². The first-order valence-corrected chi connectivity index (χ1v) is 10.3. The normalized spacial score (nSPS) is 12.0. The van der Waals surface area contributed by atoms with Crippen LogP contribution < -0.4 is 9.46 Å². The molecule has 1 atom stereocenters. The number of rotatable bonds is 8. The lowest BCUT2D eigenvalue weighted by Crippen LogP contribution is -2.05. The van der Waals surface area contributed by atoms with Gasteiger partial charge < -0.3 is 9.46 Å². The van der Waals surface area contributed by atoms with Crippen LogP contribution in [-0.2, 0) is 11.0 Å². The maximum absolute atomic E-state index is 12.5. The molecule has 0 aliphatic rings. The molecule has 0 fully saturated rings. The van der Waals surface area contributed by atoms with Crippen LogP contribution in [0.1, 0.15) is 6.92 Å². The molecule has 0 saturated heterocycles. The highest BCUT2D eigenvalue weighted by atomic mass is 32.2. The van der Waals surface area contributed by atoms with E-state index in [-0.39, 0.29) is 0 Å². The molecule has 3 aromatic rings. The Morgan fingerprint density at radius 2 is 1.84 bits per heavy atom. The number of hydrogen-bond acceptors (Lipinski definition) is 5. The highest BCUT2D eigenvalue weighted by Gasteiger charge is 2.06. The van der Waals surface area contributed by atoms with Crippen molar-refractivity contribution in [3.8, 4) is 5.75 Å². The van der Waals surface area contributed by atoms with Crippen LogP contribution in [0, 0.1) is 0 Å². The van der Waals surface area contributed by atoms with Gasteiger partial charge in [0.2, 0.25) is 0 Å². The summed E-state index contributed by atoms with van der Waals surface area (Å²) in [6.45, 7) is 2.81. The average Bonchev–Trinajstić information content (AvgIpc) is 2.65. The molecule has 0 aliphatic heterocycles. The molecular weight excluding hydrogens is 354 g/mol. The molecule has 130 valence electrons. The molecule has 0 amide bonds. The zero-order valence-electron chi connectivity index (χ0n) is 13.8. The maximum atomic E-state index is 12.5. The molecule has 25 heavy (non-hydrogen) atoms. The van der Waals surface area contributed by atoms with E-state index in [1.54, 1.807) is 12.4 Å². The van der Waals surface area contributed by atoms with Gasteiger partial charge in [0, 0.05) is 22.2 Å². The van der Waals surface area contributed by atoms with Gasteiger partial charge in [-0.25, -0.2) is 4.21 Å². The van der Waals surface area contributed by atoms with E-state index in [2.05, 4.69) is 21.8 Å². The van der Waals surface area contributed by atoms with Crippen molar-refractivity contribution < 1.29 is 8.95 Å². The number of benzene rings is 2. The number of nitrogens with one attached hydrogen (secondary N) is 1. The molecule has 1 N–H and O–H groups in total.